The lowest BCUT2D eigenvalue weighted by molar-refractivity contribution is 0.0968. The van der Waals surface area contributed by atoms with Gasteiger partial charge in [0.15, 0.2) is 5.78 Å². The predicted molar refractivity (Wildman–Crippen MR) is 125 cm³/mol. The monoisotopic (exact) mass is 425 g/mol. The Morgan fingerprint density at radius 2 is 1.77 bits per heavy atom. The van der Waals surface area contributed by atoms with Gasteiger partial charge in [0.1, 0.15) is 10.7 Å². The van der Waals surface area contributed by atoms with E-state index in [1.165, 1.54) is 5.56 Å². The Morgan fingerprint density at radius 3 is 2.33 bits per heavy atom. The van der Waals surface area contributed by atoms with Gasteiger partial charge in [-0.05, 0) is 44.0 Å². The number of fused-ring (bicyclic) bond motifs is 1. The summed E-state index contributed by atoms with van der Waals surface area (Å²) < 4.78 is 1.58. The molecule has 0 radical (unpaired) electrons. The van der Waals surface area contributed by atoms with E-state index in [2.05, 4.69) is 32.6 Å². The van der Waals surface area contributed by atoms with Gasteiger partial charge in [-0.3, -0.25) is 19.1 Å². The summed E-state index contributed by atoms with van der Waals surface area (Å²) in [6.45, 7) is 14.7. The third-order valence-corrected chi connectivity index (χ3v) is 6.93. The number of carbonyl (C=O) groups excluding carboxylic acids is 1. The molecule has 3 rings (SSSR count). The Balaban J connectivity index is 2.05. The van der Waals surface area contributed by atoms with Gasteiger partial charge < -0.3 is 0 Å². The minimum atomic E-state index is -0.115. The number of thiophene rings is 1. The molecule has 0 amide bonds. The number of ketones is 1. The standard InChI is InChI=1S/C24H31N3O2S/c1-7-26(8-2)14-21-25-23-22(16(5)17(6)30-23)24(29)27(21)13-20(28)19-11-9-18(10-12-19)15(3)4/h9-12,15H,7-8,13-14H2,1-6H3. The van der Waals surface area contributed by atoms with E-state index < -0.39 is 0 Å². The van der Waals surface area contributed by atoms with E-state index in [0.29, 0.717) is 29.2 Å². The topological polar surface area (TPSA) is 55.2 Å². The summed E-state index contributed by atoms with van der Waals surface area (Å²) >= 11 is 1.55. The van der Waals surface area contributed by atoms with Crippen LogP contribution in [0.4, 0.5) is 0 Å². The molecule has 0 spiro atoms. The molecule has 3 aromatic rings. The van der Waals surface area contributed by atoms with Crippen molar-refractivity contribution in [1.29, 1.82) is 0 Å². The lowest BCUT2D eigenvalue weighted by Crippen LogP contribution is -2.33. The number of hydrogen-bond acceptors (Lipinski definition) is 5. The highest BCUT2D eigenvalue weighted by Gasteiger charge is 2.20. The fourth-order valence-corrected chi connectivity index (χ4v) is 4.63. The molecule has 5 nitrogen and oxygen atoms in total. The van der Waals surface area contributed by atoms with E-state index >= 15 is 0 Å². The van der Waals surface area contributed by atoms with E-state index in [0.717, 1.165) is 28.4 Å². The third-order valence-electron chi connectivity index (χ3n) is 5.83. The zero-order chi connectivity index (χ0) is 22.0. The Hall–Kier alpha value is -2.31. The van der Waals surface area contributed by atoms with Crippen molar-refractivity contribution in [2.24, 2.45) is 0 Å². The summed E-state index contributed by atoms with van der Waals surface area (Å²) in [4.78, 5) is 35.4. The molecule has 0 fully saturated rings. The molecule has 2 aromatic heterocycles. The average molecular weight is 426 g/mol. The van der Waals surface area contributed by atoms with Gasteiger partial charge in [-0.2, -0.15) is 0 Å². The maximum Gasteiger partial charge on any atom is 0.263 e. The normalized spacial score (nSPS) is 11.7. The van der Waals surface area contributed by atoms with Crippen LogP contribution < -0.4 is 5.56 Å². The molecule has 160 valence electrons. The van der Waals surface area contributed by atoms with Crippen LogP contribution in [0.25, 0.3) is 10.2 Å². The Bertz CT molecular complexity index is 1110. The van der Waals surface area contributed by atoms with Gasteiger partial charge in [-0.15, -0.1) is 11.3 Å². The second kappa shape index (κ2) is 9.23. The Morgan fingerprint density at radius 1 is 1.13 bits per heavy atom. The van der Waals surface area contributed by atoms with Crippen molar-refractivity contribution in [3.8, 4) is 0 Å². The van der Waals surface area contributed by atoms with Gasteiger partial charge in [-0.25, -0.2) is 4.98 Å². The lowest BCUT2D eigenvalue weighted by Gasteiger charge is -2.20. The summed E-state index contributed by atoms with van der Waals surface area (Å²) in [6.07, 6.45) is 0. The van der Waals surface area contributed by atoms with E-state index in [4.69, 9.17) is 4.98 Å². The minimum absolute atomic E-state index is 0.00767. The fourth-order valence-electron chi connectivity index (χ4n) is 3.59. The van der Waals surface area contributed by atoms with Crippen molar-refractivity contribution in [1.82, 2.24) is 14.5 Å². The summed E-state index contributed by atoms with van der Waals surface area (Å²) in [5.41, 5.74) is 2.66. The van der Waals surface area contributed by atoms with Crippen LogP contribution in [0.3, 0.4) is 0 Å². The van der Waals surface area contributed by atoms with Crippen LogP contribution in [0, 0.1) is 13.8 Å². The molecule has 0 aliphatic heterocycles. The molecule has 0 N–H and O–H groups in total. The molecule has 0 unspecified atom stereocenters. The lowest BCUT2D eigenvalue weighted by atomic mass is 10.0. The zero-order valence-corrected chi connectivity index (χ0v) is 19.6. The van der Waals surface area contributed by atoms with E-state index in [1.807, 2.05) is 38.1 Å². The first-order chi connectivity index (χ1) is 14.3. The van der Waals surface area contributed by atoms with Crippen LogP contribution in [0.5, 0.6) is 0 Å². The third kappa shape index (κ3) is 4.40. The first-order valence-electron chi connectivity index (χ1n) is 10.6. The van der Waals surface area contributed by atoms with Gasteiger partial charge in [0.05, 0.1) is 18.5 Å². The number of carbonyl (C=O) groups is 1. The number of aromatic nitrogens is 2. The SMILES string of the molecule is CCN(CC)Cc1nc2sc(C)c(C)c2c(=O)n1CC(=O)c1ccc(C(C)C)cc1. The molecule has 6 heteroatoms. The van der Waals surface area contributed by atoms with Gasteiger partial charge in [-0.1, -0.05) is 52.0 Å². The van der Waals surface area contributed by atoms with Crippen molar-refractivity contribution in [3.63, 3.8) is 0 Å². The molecule has 2 heterocycles. The molecule has 0 aliphatic carbocycles. The molecular weight excluding hydrogens is 394 g/mol. The van der Waals surface area contributed by atoms with Gasteiger partial charge in [0, 0.05) is 10.4 Å². The second-order valence-electron chi connectivity index (χ2n) is 8.04. The largest absolute Gasteiger partial charge is 0.297 e. The zero-order valence-electron chi connectivity index (χ0n) is 18.8. The number of benzene rings is 1. The molecule has 30 heavy (non-hydrogen) atoms. The highest BCUT2D eigenvalue weighted by atomic mass is 32.1. The number of aryl methyl sites for hydroxylation is 2. The molecule has 0 saturated heterocycles. The van der Waals surface area contributed by atoms with Crippen molar-refractivity contribution in [3.05, 3.63) is 62.0 Å². The fraction of sp³-hybridized carbons (Fsp3) is 0.458. The first-order valence-corrected chi connectivity index (χ1v) is 11.4. The number of hydrogen-bond donors (Lipinski definition) is 0. The molecule has 0 bridgehead atoms. The Kier molecular flexibility index (Phi) is 6.88. The molecule has 0 saturated carbocycles. The van der Waals surface area contributed by atoms with Crippen molar-refractivity contribution in [2.75, 3.05) is 13.1 Å². The molecule has 0 atom stereocenters. The van der Waals surface area contributed by atoms with Crippen molar-refractivity contribution >= 4 is 27.3 Å². The summed E-state index contributed by atoms with van der Waals surface area (Å²) in [5, 5.41) is 0.642. The van der Waals surface area contributed by atoms with Crippen LogP contribution in [0.1, 0.15) is 65.8 Å². The summed E-state index contributed by atoms with van der Waals surface area (Å²) in [7, 11) is 0. The van der Waals surface area contributed by atoms with Crippen LogP contribution in [0.15, 0.2) is 29.1 Å². The second-order valence-corrected chi connectivity index (χ2v) is 9.25. The van der Waals surface area contributed by atoms with Crippen LogP contribution >= 0.6 is 11.3 Å². The maximum atomic E-state index is 13.4. The Labute approximate surface area is 182 Å². The highest BCUT2D eigenvalue weighted by Crippen LogP contribution is 2.26. The van der Waals surface area contributed by atoms with Gasteiger partial charge in [0.25, 0.3) is 5.56 Å². The highest BCUT2D eigenvalue weighted by molar-refractivity contribution is 7.18. The van der Waals surface area contributed by atoms with Crippen LogP contribution in [0.2, 0.25) is 0 Å². The summed E-state index contributed by atoms with van der Waals surface area (Å²) in [5.74, 6) is 0.998. The maximum absolute atomic E-state index is 13.4. The van der Waals surface area contributed by atoms with Gasteiger partial charge in [0.2, 0.25) is 0 Å². The van der Waals surface area contributed by atoms with Crippen LogP contribution in [-0.4, -0.2) is 33.3 Å². The van der Waals surface area contributed by atoms with Gasteiger partial charge >= 0.3 is 0 Å². The molecular formula is C24H31N3O2S. The van der Waals surface area contributed by atoms with Crippen molar-refractivity contribution in [2.45, 2.75) is 60.5 Å². The number of rotatable bonds is 8. The van der Waals surface area contributed by atoms with E-state index in [-0.39, 0.29) is 17.9 Å². The quantitative estimate of drug-likeness (QED) is 0.481. The molecule has 0 aliphatic rings. The first kappa shape index (κ1) is 22.4. The smallest absolute Gasteiger partial charge is 0.263 e. The van der Waals surface area contributed by atoms with Crippen LogP contribution in [-0.2, 0) is 13.1 Å². The predicted octanol–water partition coefficient (Wildman–Crippen LogP) is 4.92. The van der Waals surface area contributed by atoms with E-state index in [1.54, 1.807) is 15.9 Å². The number of Topliss-reactive ketones (excluding diaryl/α,β-unsaturated/α-hetero) is 1. The van der Waals surface area contributed by atoms with E-state index in [9.17, 15) is 9.59 Å². The van der Waals surface area contributed by atoms with Crippen molar-refractivity contribution < 1.29 is 4.79 Å². The number of nitrogens with zero attached hydrogens (tertiary/aromatic N) is 3. The molecule has 1 aromatic carbocycles. The minimum Gasteiger partial charge on any atom is -0.297 e. The summed E-state index contributed by atoms with van der Waals surface area (Å²) in [6, 6.07) is 7.70. The average Bonchev–Trinajstić information content (AvgIpc) is 3.02.